The molecule has 2 aromatic carbocycles. The summed E-state index contributed by atoms with van der Waals surface area (Å²) >= 11 is 0. The van der Waals surface area contributed by atoms with Crippen molar-refractivity contribution in [1.29, 1.82) is 0 Å². The highest BCUT2D eigenvalue weighted by atomic mass is 16.5. The Balaban J connectivity index is 1.52. The third-order valence-electron chi connectivity index (χ3n) is 4.76. The van der Waals surface area contributed by atoms with Crippen LogP contribution >= 0.6 is 0 Å². The van der Waals surface area contributed by atoms with Gasteiger partial charge in [-0.2, -0.15) is 4.98 Å². The number of carbonyl (C=O) groups excluding carboxylic acids is 1. The molecule has 1 aliphatic rings. The van der Waals surface area contributed by atoms with Crippen molar-refractivity contribution >= 4 is 11.6 Å². The molecule has 27 heavy (non-hydrogen) atoms. The van der Waals surface area contributed by atoms with Crippen molar-refractivity contribution in [1.82, 2.24) is 10.1 Å². The minimum atomic E-state index is -0.102. The van der Waals surface area contributed by atoms with E-state index >= 15 is 0 Å². The van der Waals surface area contributed by atoms with Crippen LogP contribution in [0.15, 0.2) is 53.1 Å². The Bertz CT molecular complexity index is 949. The Morgan fingerprint density at radius 3 is 2.70 bits per heavy atom. The average Bonchev–Trinajstić information content (AvgIpc) is 3.30. The molecular weight excluding hydrogens is 342 g/mol. The van der Waals surface area contributed by atoms with Gasteiger partial charge in [0.2, 0.25) is 17.6 Å². The Labute approximate surface area is 157 Å². The highest BCUT2D eigenvalue weighted by Gasteiger charge is 2.35. The van der Waals surface area contributed by atoms with E-state index in [0.29, 0.717) is 31.3 Å². The van der Waals surface area contributed by atoms with Crippen molar-refractivity contribution in [2.75, 3.05) is 18.1 Å². The summed E-state index contributed by atoms with van der Waals surface area (Å²) in [6.45, 7) is 5.10. The van der Waals surface area contributed by atoms with E-state index in [0.717, 1.165) is 22.6 Å². The molecule has 1 aromatic heterocycles. The van der Waals surface area contributed by atoms with E-state index in [1.165, 1.54) is 0 Å². The molecule has 1 amide bonds. The number of rotatable bonds is 5. The van der Waals surface area contributed by atoms with E-state index in [4.69, 9.17) is 9.26 Å². The van der Waals surface area contributed by atoms with Gasteiger partial charge in [-0.15, -0.1) is 0 Å². The van der Waals surface area contributed by atoms with Gasteiger partial charge in [0.25, 0.3) is 0 Å². The first-order chi connectivity index (χ1) is 13.2. The molecule has 1 fully saturated rings. The lowest BCUT2D eigenvalue weighted by Gasteiger charge is -2.16. The van der Waals surface area contributed by atoms with Crippen LogP contribution in [0.5, 0.6) is 5.75 Å². The molecule has 0 bridgehead atoms. The number of hydrogen-bond donors (Lipinski definition) is 0. The fourth-order valence-electron chi connectivity index (χ4n) is 3.35. The van der Waals surface area contributed by atoms with Gasteiger partial charge >= 0.3 is 0 Å². The lowest BCUT2D eigenvalue weighted by molar-refractivity contribution is -0.117. The molecule has 3 aromatic rings. The predicted octanol–water partition coefficient (Wildman–Crippen LogP) is 3.96. The zero-order valence-electron chi connectivity index (χ0n) is 15.4. The third-order valence-corrected chi connectivity index (χ3v) is 4.76. The molecule has 0 aliphatic carbocycles. The second kappa shape index (κ2) is 7.23. The van der Waals surface area contributed by atoms with E-state index in [2.05, 4.69) is 10.1 Å². The first-order valence-electron chi connectivity index (χ1n) is 9.08. The molecule has 6 nitrogen and oxygen atoms in total. The van der Waals surface area contributed by atoms with Crippen LogP contribution in [0.1, 0.15) is 30.7 Å². The molecule has 1 saturated heterocycles. The van der Waals surface area contributed by atoms with Crippen LogP contribution in [0.25, 0.3) is 11.4 Å². The molecule has 1 aliphatic heterocycles. The second-order valence-electron chi connectivity index (χ2n) is 6.60. The number of aromatic nitrogens is 2. The van der Waals surface area contributed by atoms with Gasteiger partial charge in [-0.3, -0.25) is 4.79 Å². The second-order valence-corrected chi connectivity index (χ2v) is 6.60. The van der Waals surface area contributed by atoms with Crippen LogP contribution < -0.4 is 9.64 Å². The van der Waals surface area contributed by atoms with Gasteiger partial charge < -0.3 is 14.2 Å². The lowest BCUT2D eigenvalue weighted by Crippen LogP contribution is -2.24. The number of hydrogen-bond acceptors (Lipinski definition) is 5. The van der Waals surface area contributed by atoms with Gasteiger partial charge in [0, 0.05) is 24.2 Å². The predicted molar refractivity (Wildman–Crippen MR) is 102 cm³/mol. The molecule has 1 unspecified atom stereocenters. The molecule has 2 heterocycles. The minimum absolute atomic E-state index is 0.0554. The van der Waals surface area contributed by atoms with Gasteiger partial charge in [0.1, 0.15) is 5.75 Å². The zero-order chi connectivity index (χ0) is 18.8. The molecule has 0 radical (unpaired) electrons. The van der Waals surface area contributed by atoms with Crippen molar-refractivity contribution in [2.45, 2.75) is 26.2 Å². The monoisotopic (exact) mass is 363 g/mol. The van der Waals surface area contributed by atoms with E-state index in [1.54, 1.807) is 4.90 Å². The SMILES string of the molecule is CCOc1ccc(N2CC(c3nc(-c4ccccc4C)no3)CC2=O)cc1. The van der Waals surface area contributed by atoms with Crippen LogP contribution in [0.4, 0.5) is 5.69 Å². The number of anilines is 1. The number of amides is 1. The Kier molecular flexibility index (Phi) is 4.62. The minimum Gasteiger partial charge on any atom is -0.494 e. The van der Waals surface area contributed by atoms with E-state index < -0.39 is 0 Å². The van der Waals surface area contributed by atoms with Crippen LogP contribution in [0.3, 0.4) is 0 Å². The maximum absolute atomic E-state index is 12.5. The molecule has 138 valence electrons. The summed E-state index contributed by atoms with van der Waals surface area (Å²) in [7, 11) is 0. The van der Waals surface area contributed by atoms with Crippen molar-refractivity contribution < 1.29 is 14.1 Å². The summed E-state index contributed by atoms with van der Waals surface area (Å²) < 4.78 is 10.9. The Morgan fingerprint density at radius 1 is 1.19 bits per heavy atom. The smallest absolute Gasteiger partial charge is 0.232 e. The van der Waals surface area contributed by atoms with Crippen LogP contribution in [-0.4, -0.2) is 29.2 Å². The maximum atomic E-state index is 12.5. The first kappa shape index (κ1) is 17.3. The molecular formula is C21H21N3O3. The van der Waals surface area contributed by atoms with Crippen LogP contribution in [0.2, 0.25) is 0 Å². The summed E-state index contributed by atoms with van der Waals surface area (Å²) in [5, 5.41) is 4.11. The van der Waals surface area contributed by atoms with Gasteiger partial charge in [0.15, 0.2) is 0 Å². The van der Waals surface area contributed by atoms with Crippen molar-refractivity contribution in [3.8, 4) is 17.1 Å². The van der Waals surface area contributed by atoms with Gasteiger partial charge in [-0.25, -0.2) is 0 Å². The number of nitrogens with zero attached hydrogens (tertiary/aromatic N) is 3. The van der Waals surface area contributed by atoms with Crippen molar-refractivity contribution in [2.24, 2.45) is 0 Å². The normalized spacial score (nSPS) is 16.7. The van der Waals surface area contributed by atoms with Crippen molar-refractivity contribution in [3.63, 3.8) is 0 Å². The summed E-state index contributed by atoms with van der Waals surface area (Å²) in [6.07, 6.45) is 0.364. The Hall–Kier alpha value is -3.15. The lowest BCUT2D eigenvalue weighted by atomic mass is 10.1. The summed E-state index contributed by atoms with van der Waals surface area (Å²) in [6, 6.07) is 15.5. The maximum Gasteiger partial charge on any atom is 0.232 e. The molecule has 0 saturated carbocycles. The summed E-state index contributed by atoms with van der Waals surface area (Å²) in [4.78, 5) is 18.8. The first-order valence-corrected chi connectivity index (χ1v) is 9.08. The topological polar surface area (TPSA) is 68.5 Å². The highest BCUT2D eigenvalue weighted by Crippen LogP contribution is 2.33. The van der Waals surface area contributed by atoms with Crippen LogP contribution in [0, 0.1) is 6.92 Å². The van der Waals surface area contributed by atoms with Gasteiger partial charge in [0.05, 0.1) is 12.5 Å². The number of aryl methyl sites for hydroxylation is 1. The van der Waals surface area contributed by atoms with Crippen LogP contribution in [-0.2, 0) is 4.79 Å². The van der Waals surface area contributed by atoms with Gasteiger partial charge in [-0.05, 0) is 43.7 Å². The highest BCUT2D eigenvalue weighted by molar-refractivity contribution is 5.96. The number of benzene rings is 2. The molecule has 4 rings (SSSR count). The number of carbonyl (C=O) groups is 1. The fraction of sp³-hybridized carbons (Fsp3) is 0.286. The molecule has 1 atom stereocenters. The quantitative estimate of drug-likeness (QED) is 0.686. The molecule has 6 heteroatoms. The summed E-state index contributed by atoms with van der Waals surface area (Å²) in [5.41, 5.74) is 2.88. The molecule has 0 spiro atoms. The third kappa shape index (κ3) is 3.43. The number of ether oxygens (including phenoxy) is 1. The molecule has 0 N–H and O–H groups in total. The van der Waals surface area contributed by atoms with E-state index in [-0.39, 0.29) is 11.8 Å². The van der Waals surface area contributed by atoms with E-state index in [1.807, 2.05) is 62.4 Å². The Morgan fingerprint density at radius 2 is 1.96 bits per heavy atom. The largest absolute Gasteiger partial charge is 0.494 e. The zero-order valence-corrected chi connectivity index (χ0v) is 15.4. The van der Waals surface area contributed by atoms with Crippen molar-refractivity contribution in [3.05, 3.63) is 60.0 Å². The fourth-order valence-corrected chi connectivity index (χ4v) is 3.35. The standard InChI is InChI=1S/C21H21N3O3/c1-3-26-17-10-8-16(9-11-17)24-13-15(12-19(24)25)21-22-20(23-27-21)18-7-5-4-6-14(18)2/h4-11,15H,3,12-13H2,1-2H3. The summed E-state index contributed by atoms with van der Waals surface area (Å²) in [5.74, 6) is 1.82. The van der Waals surface area contributed by atoms with Gasteiger partial charge in [-0.1, -0.05) is 29.4 Å². The van der Waals surface area contributed by atoms with E-state index in [9.17, 15) is 4.79 Å². The average molecular weight is 363 g/mol.